The molecule has 1 aliphatic heterocycles. The van der Waals surface area contributed by atoms with Crippen LogP contribution in [-0.2, 0) is 0 Å². The Bertz CT molecular complexity index is 1980. The van der Waals surface area contributed by atoms with Gasteiger partial charge in [0.25, 0.3) is 0 Å². The quantitative estimate of drug-likeness (QED) is 0.193. The molecule has 2 heterocycles. The average Bonchev–Trinajstić information content (AvgIpc) is 2.88. The fourth-order valence-corrected chi connectivity index (χ4v) is 4.61. The summed E-state index contributed by atoms with van der Waals surface area (Å²) in [7, 11) is 0. The van der Waals surface area contributed by atoms with Crippen LogP contribution in [0.5, 0.6) is 5.75 Å². The molecule has 0 saturated carbocycles. The predicted octanol–water partition coefficient (Wildman–Crippen LogP) is 6.69. The molecule has 2 aliphatic rings. The second kappa shape index (κ2) is 9.95. The lowest BCUT2D eigenvalue weighted by atomic mass is 9.91. The van der Waals surface area contributed by atoms with Crippen molar-refractivity contribution < 1.29 is 23.8 Å². The maximum Gasteiger partial charge on any atom is 0.336 e. The molecule has 3 aromatic carbocycles. The summed E-state index contributed by atoms with van der Waals surface area (Å²) < 4.78 is 10.9. The minimum Gasteiger partial charge on any atom is -0.508 e. The molecule has 0 saturated heterocycles. The lowest BCUT2D eigenvalue weighted by Crippen LogP contribution is -2.03. The standard InChI is InChI=1S/C20H12O5.C12H12O2/c21-11-5-7-15-17(9-11)25-18-10-12(22)6-8-16(18)19(15)13-3-1-2-4-14(13)20(23)24;1-7-4-10-9(3)6-12(13)14-11(10)5-8(7)2/h1-10,21H,(H,23,24);4-6H,1-3H3. The number of phenols is 1. The molecule has 0 bridgehead atoms. The maximum atomic E-state index is 11.7. The summed E-state index contributed by atoms with van der Waals surface area (Å²) in [5.74, 6) is -0.691. The highest BCUT2D eigenvalue weighted by Crippen LogP contribution is 2.41. The highest BCUT2D eigenvalue weighted by atomic mass is 16.4. The molecule has 2 N–H and O–H groups in total. The van der Waals surface area contributed by atoms with Gasteiger partial charge in [-0.15, -0.1) is 0 Å². The molecule has 39 heavy (non-hydrogen) atoms. The molecule has 0 atom stereocenters. The Labute approximate surface area is 222 Å². The van der Waals surface area contributed by atoms with E-state index in [4.69, 9.17) is 8.83 Å². The predicted molar refractivity (Wildman–Crippen MR) is 150 cm³/mol. The molecule has 194 valence electrons. The number of aryl methyl sites for hydroxylation is 3. The Balaban J connectivity index is 0.000000186. The van der Waals surface area contributed by atoms with E-state index in [1.807, 2.05) is 19.9 Å². The van der Waals surface area contributed by atoms with Gasteiger partial charge in [0.2, 0.25) is 0 Å². The molecular weight excluding hydrogens is 496 g/mol. The van der Waals surface area contributed by atoms with Crippen LogP contribution in [0, 0.1) is 20.8 Å². The van der Waals surface area contributed by atoms with Crippen LogP contribution in [0.2, 0.25) is 0 Å². The first-order valence-electron chi connectivity index (χ1n) is 12.2. The molecule has 4 aromatic rings. The first kappa shape index (κ1) is 25.5. The van der Waals surface area contributed by atoms with Crippen LogP contribution in [-0.4, -0.2) is 16.2 Å². The Kier molecular flexibility index (Phi) is 6.50. The smallest absolute Gasteiger partial charge is 0.336 e. The third-order valence-corrected chi connectivity index (χ3v) is 6.67. The zero-order valence-corrected chi connectivity index (χ0v) is 21.4. The van der Waals surface area contributed by atoms with Crippen molar-refractivity contribution in [2.24, 2.45) is 0 Å². The number of phenolic OH excluding ortho intramolecular Hbond substituents is 1. The number of carbonyl (C=O) groups is 1. The summed E-state index contributed by atoms with van der Waals surface area (Å²) in [6.45, 7) is 5.99. The molecule has 0 unspecified atom stereocenters. The van der Waals surface area contributed by atoms with E-state index < -0.39 is 5.97 Å². The van der Waals surface area contributed by atoms with Crippen molar-refractivity contribution in [1.29, 1.82) is 0 Å². The van der Waals surface area contributed by atoms with Crippen molar-refractivity contribution >= 4 is 27.9 Å². The normalized spacial score (nSPS) is 10.9. The Morgan fingerprint density at radius 2 is 1.41 bits per heavy atom. The Morgan fingerprint density at radius 3 is 2.18 bits per heavy atom. The average molecular weight is 521 g/mol. The molecular formula is C32H24O7. The van der Waals surface area contributed by atoms with Gasteiger partial charge in [-0.2, -0.15) is 0 Å². The minimum absolute atomic E-state index is 0.0198. The first-order chi connectivity index (χ1) is 18.6. The molecule has 7 nitrogen and oxygen atoms in total. The molecule has 7 heteroatoms. The number of fused-ring (bicyclic) bond motifs is 3. The van der Waals surface area contributed by atoms with Crippen molar-refractivity contribution in [2.45, 2.75) is 20.8 Å². The van der Waals surface area contributed by atoms with Crippen LogP contribution < -0.4 is 11.1 Å². The number of hydrogen-bond donors (Lipinski definition) is 2. The van der Waals surface area contributed by atoms with E-state index in [1.54, 1.807) is 30.3 Å². The fraction of sp³-hybridized carbons (Fsp3) is 0.0938. The van der Waals surface area contributed by atoms with Crippen LogP contribution in [0.25, 0.3) is 44.4 Å². The SMILES string of the molecule is Cc1cc2oc(=O)cc(C)c2cc1C.O=C(O)c1ccccc1-c1c2ccc(=O)cc-2oc2cc(O)ccc12. The lowest BCUT2D eigenvalue weighted by Gasteiger charge is -2.16. The van der Waals surface area contributed by atoms with E-state index in [0.29, 0.717) is 39.0 Å². The topological polar surface area (TPSA) is 118 Å². The highest BCUT2D eigenvalue weighted by molar-refractivity contribution is 6.07. The van der Waals surface area contributed by atoms with Gasteiger partial charge in [-0.25, -0.2) is 9.59 Å². The zero-order valence-electron chi connectivity index (χ0n) is 21.4. The molecule has 0 spiro atoms. The Morgan fingerprint density at radius 1 is 0.692 bits per heavy atom. The number of benzene rings is 4. The van der Waals surface area contributed by atoms with E-state index >= 15 is 0 Å². The van der Waals surface area contributed by atoms with E-state index in [2.05, 4.69) is 13.0 Å². The van der Waals surface area contributed by atoms with Crippen molar-refractivity contribution in [3.63, 3.8) is 0 Å². The van der Waals surface area contributed by atoms with E-state index in [9.17, 15) is 24.6 Å². The molecule has 0 radical (unpaired) electrons. The molecule has 1 aliphatic carbocycles. The van der Waals surface area contributed by atoms with Crippen LogP contribution >= 0.6 is 0 Å². The second-order valence-electron chi connectivity index (χ2n) is 9.35. The molecule has 6 rings (SSSR count). The van der Waals surface area contributed by atoms with Crippen LogP contribution in [0.4, 0.5) is 0 Å². The second-order valence-corrected chi connectivity index (χ2v) is 9.35. The van der Waals surface area contributed by atoms with Crippen molar-refractivity contribution in [2.75, 3.05) is 0 Å². The summed E-state index contributed by atoms with van der Waals surface area (Å²) >= 11 is 0. The van der Waals surface area contributed by atoms with Gasteiger partial charge in [-0.05, 0) is 85.5 Å². The number of carboxylic acids is 1. The number of aromatic carboxylic acids is 1. The van der Waals surface area contributed by atoms with Gasteiger partial charge in [-0.1, -0.05) is 18.2 Å². The summed E-state index contributed by atoms with van der Waals surface area (Å²) in [6.07, 6.45) is 0. The summed E-state index contributed by atoms with van der Waals surface area (Å²) in [5.41, 5.74) is 5.83. The van der Waals surface area contributed by atoms with Crippen molar-refractivity contribution in [1.82, 2.24) is 0 Å². The highest BCUT2D eigenvalue weighted by Gasteiger charge is 2.21. The van der Waals surface area contributed by atoms with Crippen LogP contribution in [0.1, 0.15) is 27.0 Å². The first-order valence-corrected chi connectivity index (χ1v) is 12.2. The van der Waals surface area contributed by atoms with Gasteiger partial charge in [0.1, 0.15) is 22.7 Å². The van der Waals surface area contributed by atoms with Gasteiger partial charge in [0.15, 0.2) is 5.43 Å². The van der Waals surface area contributed by atoms with Crippen LogP contribution in [0.15, 0.2) is 97.3 Å². The number of rotatable bonds is 2. The number of aromatic hydroxyl groups is 1. The fourth-order valence-electron chi connectivity index (χ4n) is 4.61. The number of carboxylic acid groups (broad SMARTS) is 1. The van der Waals surface area contributed by atoms with Gasteiger partial charge in [0, 0.05) is 40.1 Å². The summed E-state index contributed by atoms with van der Waals surface area (Å²) in [5, 5.41) is 21.0. The van der Waals surface area contributed by atoms with Gasteiger partial charge in [-0.3, -0.25) is 4.79 Å². The molecule has 1 aromatic heterocycles. The van der Waals surface area contributed by atoms with Crippen molar-refractivity contribution in [3.05, 3.63) is 122 Å². The van der Waals surface area contributed by atoms with E-state index in [0.717, 1.165) is 16.5 Å². The minimum atomic E-state index is -1.04. The third-order valence-electron chi connectivity index (χ3n) is 6.67. The van der Waals surface area contributed by atoms with E-state index in [-0.39, 0.29) is 22.4 Å². The van der Waals surface area contributed by atoms with Crippen LogP contribution in [0.3, 0.4) is 0 Å². The monoisotopic (exact) mass is 520 g/mol. The van der Waals surface area contributed by atoms with E-state index in [1.165, 1.54) is 42.0 Å². The summed E-state index contributed by atoms with van der Waals surface area (Å²) in [6, 6.07) is 21.2. The largest absolute Gasteiger partial charge is 0.508 e. The van der Waals surface area contributed by atoms with Gasteiger partial charge >= 0.3 is 11.6 Å². The Hall–Kier alpha value is -5.17. The molecule has 0 amide bonds. The molecule has 0 fully saturated rings. The van der Waals surface area contributed by atoms with Crippen molar-refractivity contribution in [3.8, 4) is 28.2 Å². The van der Waals surface area contributed by atoms with Gasteiger partial charge in [0.05, 0.1) is 5.56 Å². The third kappa shape index (κ3) is 4.90. The number of hydrogen-bond acceptors (Lipinski definition) is 6. The lowest BCUT2D eigenvalue weighted by molar-refractivity contribution is 0.0697. The summed E-state index contributed by atoms with van der Waals surface area (Å²) in [4.78, 5) is 34.5. The van der Waals surface area contributed by atoms with Gasteiger partial charge < -0.3 is 19.0 Å². The zero-order chi connectivity index (χ0) is 27.8. The maximum absolute atomic E-state index is 11.7.